The van der Waals surface area contributed by atoms with Crippen molar-refractivity contribution in [2.75, 3.05) is 5.32 Å². The molecule has 1 unspecified atom stereocenters. The number of hydrogen-bond donors (Lipinski definition) is 3. The summed E-state index contributed by atoms with van der Waals surface area (Å²) in [6.07, 6.45) is 5.20. The van der Waals surface area contributed by atoms with Crippen molar-refractivity contribution < 1.29 is 9.59 Å². The lowest BCUT2D eigenvalue weighted by Crippen LogP contribution is -2.45. The first kappa shape index (κ1) is 19.0. The first-order chi connectivity index (χ1) is 11.4. The van der Waals surface area contributed by atoms with Crippen molar-refractivity contribution >= 4 is 29.9 Å². The molecule has 1 aliphatic rings. The van der Waals surface area contributed by atoms with Crippen LogP contribution in [-0.4, -0.2) is 27.6 Å². The van der Waals surface area contributed by atoms with Crippen LogP contribution in [0.3, 0.4) is 0 Å². The monoisotopic (exact) mass is 363 g/mol. The highest BCUT2D eigenvalue weighted by Crippen LogP contribution is 2.20. The molecule has 1 aliphatic carbocycles. The van der Waals surface area contributed by atoms with Crippen LogP contribution in [0.1, 0.15) is 25.3 Å². The Labute approximate surface area is 152 Å². The number of nitrogens with two attached hydrogens (primary N) is 1. The smallest absolute Gasteiger partial charge is 0.248 e. The standard InChI is InChI=1S/C17H21N5O2.ClH/c1-17(18,12-5-3-2-4-6-12)16(24)21-14-9-19-22(10-14)11-15(23)20-13-7-8-13;/h2-6,9-10,13H,7-8,11,18H2,1H3,(H,20,23)(H,21,24);1H. The third kappa shape index (κ3) is 4.80. The van der Waals surface area contributed by atoms with E-state index in [2.05, 4.69) is 15.7 Å². The summed E-state index contributed by atoms with van der Waals surface area (Å²) in [4.78, 5) is 24.2. The Hall–Kier alpha value is -2.38. The molecule has 1 aromatic carbocycles. The molecule has 2 aromatic rings. The molecule has 8 heteroatoms. The first-order valence-corrected chi connectivity index (χ1v) is 7.93. The van der Waals surface area contributed by atoms with Gasteiger partial charge in [-0.05, 0) is 25.3 Å². The van der Waals surface area contributed by atoms with Crippen molar-refractivity contribution in [2.45, 2.75) is 37.9 Å². The second-order valence-electron chi connectivity index (χ2n) is 6.29. The predicted molar refractivity (Wildman–Crippen MR) is 97.3 cm³/mol. The zero-order chi connectivity index (χ0) is 17.2. The second kappa shape index (κ2) is 7.67. The van der Waals surface area contributed by atoms with Crippen LogP contribution in [0.5, 0.6) is 0 Å². The third-order valence-corrected chi connectivity index (χ3v) is 3.98. The summed E-state index contributed by atoms with van der Waals surface area (Å²) < 4.78 is 1.49. The third-order valence-electron chi connectivity index (χ3n) is 3.98. The molecule has 0 spiro atoms. The first-order valence-electron chi connectivity index (χ1n) is 7.93. The minimum atomic E-state index is -1.16. The van der Waals surface area contributed by atoms with Gasteiger partial charge in [0.25, 0.3) is 0 Å². The number of nitrogens with zero attached hydrogens (tertiary/aromatic N) is 2. The fraction of sp³-hybridized carbons (Fsp3) is 0.353. The largest absolute Gasteiger partial charge is 0.352 e. The van der Waals surface area contributed by atoms with Crippen LogP contribution < -0.4 is 16.4 Å². The molecule has 134 valence electrons. The lowest BCUT2D eigenvalue weighted by Gasteiger charge is -2.23. The molecule has 0 saturated heterocycles. The number of anilines is 1. The minimum absolute atomic E-state index is 0. The van der Waals surface area contributed by atoms with E-state index in [1.54, 1.807) is 13.1 Å². The maximum absolute atomic E-state index is 12.5. The normalized spacial score (nSPS) is 15.6. The highest BCUT2D eigenvalue weighted by molar-refractivity contribution is 5.98. The van der Waals surface area contributed by atoms with Crippen molar-refractivity contribution in [3.8, 4) is 0 Å². The van der Waals surface area contributed by atoms with Crippen LogP contribution in [0.25, 0.3) is 0 Å². The Balaban J connectivity index is 0.00000225. The average Bonchev–Trinajstić information content (AvgIpc) is 3.26. The molecular formula is C17H22ClN5O2. The number of aromatic nitrogens is 2. The molecule has 0 aliphatic heterocycles. The number of carbonyl (C=O) groups is 2. The fourth-order valence-corrected chi connectivity index (χ4v) is 2.34. The van der Waals surface area contributed by atoms with E-state index in [0.29, 0.717) is 11.7 Å². The van der Waals surface area contributed by atoms with Crippen molar-refractivity contribution in [3.63, 3.8) is 0 Å². The molecule has 1 fully saturated rings. The topological polar surface area (TPSA) is 102 Å². The Kier molecular flexibility index (Phi) is 5.81. The van der Waals surface area contributed by atoms with Gasteiger partial charge in [0.15, 0.2) is 0 Å². The van der Waals surface area contributed by atoms with Gasteiger partial charge in [0, 0.05) is 12.2 Å². The van der Waals surface area contributed by atoms with E-state index in [9.17, 15) is 9.59 Å². The summed E-state index contributed by atoms with van der Waals surface area (Å²) in [7, 11) is 0. The molecule has 3 rings (SSSR count). The van der Waals surface area contributed by atoms with Gasteiger partial charge < -0.3 is 16.4 Å². The minimum Gasteiger partial charge on any atom is -0.352 e. The summed E-state index contributed by atoms with van der Waals surface area (Å²) in [5.74, 6) is -0.415. The van der Waals surface area contributed by atoms with Crippen LogP contribution in [0.4, 0.5) is 5.69 Å². The molecule has 1 atom stereocenters. The molecule has 2 amide bonds. The van der Waals surface area contributed by atoms with Crippen molar-refractivity contribution in [1.29, 1.82) is 0 Å². The molecule has 0 radical (unpaired) electrons. The molecule has 1 aromatic heterocycles. The molecule has 1 heterocycles. The Morgan fingerprint density at radius 1 is 1.32 bits per heavy atom. The van der Waals surface area contributed by atoms with Crippen LogP contribution in [0, 0.1) is 0 Å². The summed E-state index contributed by atoms with van der Waals surface area (Å²) in [6.45, 7) is 1.79. The van der Waals surface area contributed by atoms with E-state index < -0.39 is 5.54 Å². The summed E-state index contributed by atoms with van der Waals surface area (Å²) in [5.41, 5.74) is 6.24. The SMILES string of the molecule is CC(N)(C(=O)Nc1cnn(CC(=O)NC2CC2)c1)c1ccccc1.Cl. The van der Waals surface area contributed by atoms with Crippen LogP contribution in [-0.2, 0) is 21.7 Å². The molecule has 4 N–H and O–H groups in total. The molecular weight excluding hydrogens is 342 g/mol. The van der Waals surface area contributed by atoms with Crippen molar-refractivity contribution in [1.82, 2.24) is 15.1 Å². The van der Waals surface area contributed by atoms with Gasteiger partial charge in [0.1, 0.15) is 12.1 Å². The molecule has 25 heavy (non-hydrogen) atoms. The molecule has 1 saturated carbocycles. The van der Waals surface area contributed by atoms with E-state index in [1.165, 1.54) is 10.9 Å². The Morgan fingerprint density at radius 3 is 2.64 bits per heavy atom. The number of amides is 2. The molecule has 7 nitrogen and oxygen atoms in total. The number of nitrogens with one attached hydrogen (secondary N) is 2. The lowest BCUT2D eigenvalue weighted by atomic mass is 9.92. The highest BCUT2D eigenvalue weighted by atomic mass is 35.5. The number of hydrogen-bond acceptors (Lipinski definition) is 4. The fourth-order valence-electron chi connectivity index (χ4n) is 2.34. The van der Waals surface area contributed by atoms with Gasteiger partial charge in [0.2, 0.25) is 11.8 Å². The highest BCUT2D eigenvalue weighted by Gasteiger charge is 2.30. The maximum atomic E-state index is 12.5. The van der Waals surface area contributed by atoms with Gasteiger partial charge in [-0.15, -0.1) is 12.4 Å². The zero-order valence-electron chi connectivity index (χ0n) is 13.9. The Bertz CT molecular complexity index is 741. The second-order valence-corrected chi connectivity index (χ2v) is 6.29. The van der Waals surface area contributed by atoms with E-state index in [0.717, 1.165) is 18.4 Å². The Morgan fingerprint density at radius 2 is 2.00 bits per heavy atom. The zero-order valence-corrected chi connectivity index (χ0v) is 14.8. The van der Waals surface area contributed by atoms with E-state index >= 15 is 0 Å². The van der Waals surface area contributed by atoms with Gasteiger partial charge >= 0.3 is 0 Å². The number of carbonyl (C=O) groups excluding carboxylic acids is 2. The number of rotatable bonds is 6. The van der Waals surface area contributed by atoms with E-state index in [-0.39, 0.29) is 30.8 Å². The summed E-state index contributed by atoms with van der Waals surface area (Å²) >= 11 is 0. The summed E-state index contributed by atoms with van der Waals surface area (Å²) in [5, 5.41) is 9.73. The average molecular weight is 364 g/mol. The lowest BCUT2D eigenvalue weighted by molar-refractivity contribution is -0.122. The summed E-state index contributed by atoms with van der Waals surface area (Å²) in [6, 6.07) is 9.48. The number of halogens is 1. The van der Waals surface area contributed by atoms with E-state index in [1.807, 2.05) is 30.3 Å². The van der Waals surface area contributed by atoms with Crippen molar-refractivity contribution in [2.24, 2.45) is 5.73 Å². The quantitative estimate of drug-likeness (QED) is 0.721. The van der Waals surface area contributed by atoms with Crippen LogP contribution in [0.15, 0.2) is 42.7 Å². The maximum Gasteiger partial charge on any atom is 0.248 e. The van der Waals surface area contributed by atoms with Crippen molar-refractivity contribution in [3.05, 3.63) is 48.3 Å². The van der Waals surface area contributed by atoms with Gasteiger partial charge in [-0.25, -0.2) is 0 Å². The van der Waals surface area contributed by atoms with Gasteiger partial charge in [0.05, 0.1) is 11.9 Å². The van der Waals surface area contributed by atoms with Gasteiger partial charge in [-0.2, -0.15) is 5.10 Å². The van der Waals surface area contributed by atoms with E-state index in [4.69, 9.17) is 5.73 Å². The predicted octanol–water partition coefficient (Wildman–Crippen LogP) is 1.40. The van der Waals surface area contributed by atoms with Gasteiger partial charge in [-0.1, -0.05) is 30.3 Å². The van der Waals surface area contributed by atoms with Crippen LogP contribution in [0.2, 0.25) is 0 Å². The van der Waals surface area contributed by atoms with Gasteiger partial charge in [-0.3, -0.25) is 14.3 Å². The molecule has 0 bridgehead atoms. The number of benzene rings is 1. The van der Waals surface area contributed by atoms with Crippen LogP contribution >= 0.6 is 12.4 Å².